The van der Waals surface area contributed by atoms with E-state index in [9.17, 15) is 0 Å². The molecule has 0 spiro atoms. The SMILES string of the molecule is CCNC(CCN(C)C)c1cc(C)c(OC)cc1C. The van der Waals surface area contributed by atoms with Crippen molar-refractivity contribution in [1.29, 1.82) is 0 Å². The Labute approximate surface area is 118 Å². The summed E-state index contributed by atoms with van der Waals surface area (Å²) in [7, 11) is 5.97. The Morgan fingerprint density at radius 1 is 1.21 bits per heavy atom. The number of benzene rings is 1. The van der Waals surface area contributed by atoms with Gasteiger partial charge in [-0.15, -0.1) is 0 Å². The second-order valence-corrected chi connectivity index (χ2v) is 5.38. The third-order valence-corrected chi connectivity index (χ3v) is 3.47. The number of hydrogen-bond acceptors (Lipinski definition) is 3. The zero-order valence-electron chi connectivity index (χ0n) is 13.2. The number of rotatable bonds is 7. The molecular formula is C16H28N2O. The van der Waals surface area contributed by atoms with Crippen molar-refractivity contribution in [3.8, 4) is 5.75 Å². The summed E-state index contributed by atoms with van der Waals surface area (Å²) in [5.74, 6) is 0.976. The summed E-state index contributed by atoms with van der Waals surface area (Å²) in [6, 6.07) is 4.82. The van der Waals surface area contributed by atoms with Crippen molar-refractivity contribution in [1.82, 2.24) is 10.2 Å². The van der Waals surface area contributed by atoms with Crippen LogP contribution in [-0.4, -0.2) is 39.2 Å². The molecule has 1 unspecified atom stereocenters. The molecule has 108 valence electrons. The van der Waals surface area contributed by atoms with Gasteiger partial charge in [-0.05, 0) is 70.2 Å². The van der Waals surface area contributed by atoms with Crippen molar-refractivity contribution in [2.45, 2.75) is 33.2 Å². The first kappa shape index (κ1) is 16.0. The van der Waals surface area contributed by atoms with Gasteiger partial charge in [0.2, 0.25) is 0 Å². The summed E-state index contributed by atoms with van der Waals surface area (Å²) in [6.45, 7) is 8.51. The largest absolute Gasteiger partial charge is 0.496 e. The second-order valence-electron chi connectivity index (χ2n) is 5.38. The van der Waals surface area contributed by atoms with Gasteiger partial charge in [0.1, 0.15) is 5.75 Å². The number of nitrogens with one attached hydrogen (secondary N) is 1. The van der Waals surface area contributed by atoms with E-state index in [4.69, 9.17) is 4.74 Å². The van der Waals surface area contributed by atoms with Crippen LogP contribution in [0, 0.1) is 13.8 Å². The van der Waals surface area contributed by atoms with E-state index in [0.717, 1.165) is 25.3 Å². The Kier molecular flexibility index (Phi) is 6.32. The number of methoxy groups -OCH3 is 1. The molecule has 1 aromatic rings. The molecule has 0 aliphatic carbocycles. The van der Waals surface area contributed by atoms with Gasteiger partial charge in [-0.3, -0.25) is 0 Å². The van der Waals surface area contributed by atoms with Crippen LogP contribution in [0.3, 0.4) is 0 Å². The molecule has 0 fully saturated rings. The summed E-state index contributed by atoms with van der Waals surface area (Å²) in [4.78, 5) is 2.23. The van der Waals surface area contributed by atoms with E-state index < -0.39 is 0 Å². The Bertz CT molecular complexity index is 402. The van der Waals surface area contributed by atoms with Crippen LogP contribution in [0.5, 0.6) is 5.75 Å². The van der Waals surface area contributed by atoms with Gasteiger partial charge in [0.05, 0.1) is 7.11 Å². The van der Waals surface area contributed by atoms with Crippen LogP contribution >= 0.6 is 0 Å². The van der Waals surface area contributed by atoms with Crippen LogP contribution in [0.15, 0.2) is 12.1 Å². The van der Waals surface area contributed by atoms with Gasteiger partial charge < -0.3 is 15.0 Å². The van der Waals surface area contributed by atoms with Gasteiger partial charge in [-0.1, -0.05) is 13.0 Å². The van der Waals surface area contributed by atoms with Crippen molar-refractivity contribution in [3.05, 3.63) is 28.8 Å². The standard InChI is InChI=1S/C16H28N2O/c1-7-17-15(8-9-18(4)5)14-10-13(3)16(19-6)11-12(14)2/h10-11,15,17H,7-9H2,1-6H3. The molecule has 1 aromatic carbocycles. The highest BCUT2D eigenvalue weighted by Crippen LogP contribution is 2.28. The molecule has 1 N–H and O–H groups in total. The maximum Gasteiger partial charge on any atom is 0.122 e. The van der Waals surface area contributed by atoms with Gasteiger partial charge in [0.25, 0.3) is 0 Å². The molecule has 3 nitrogen and oxygen atoms in total. The van der Waals surface area contributed by atoms with Crippen molar-refractivity contribution < 1.29 is 4.74 Å². The van der Waals surface area contributed by atoms with Gasteiger partial charge in [0, 0.05) is 6.04 Å². The highest BCUT2D eigenvalue weighted by Gasteiger charge is 2.15. The molecule has 1 rings (SSSR count). The van der Waals surface area contributed by atoms with Crippen LogP contribution in [0.4, 0.5) is 0 Å². The van der Waals surface area contributed by atoms with Crippen molar-refractivity contribution >= 4 is 0 Å². The molecule has 0 amide bonds. The van der Waals surface area contributed by atoms with Crippen LogP contribution < -0.4 is 10.1 Å². The fourth-order valence-electron chi connectivity index (χ4n) is 2.41. The zero-order valence-corrected chi connectivity index (χ0v) is 13.2. The highest BCUT2D eigenvalue weighted by atomic mass is 16.5. The first-order valence-electron chi connectivity index (χ1n) is 7.02. The third-order valence-electron chi connectivity index (χ3n) is 3.47. The zero-order chi connectivity index (χ0) is 14.4. The molecule has 0 bridgehead atoms. The highest BCUT2D eigenvalue weighted by molar-refractivity contribution is 5.42. The van der Waals surface area contributed by atoms with Gasteiger partial charge in [-0.25, -0.2) is 0 Å². The topological polar surface area (TPSA) is 24.5 Å². The molecule has 0 radical (unpaired) electrons. The summed E-state index contributed by atoms with van der Waals surface area (Å²) in [5, 5.41) is 3.59. The summed E-state index contributed by atoms with van der Waals surface area (Å²) in [6.07, 6.45) is 1.12. The Balaban J connectivity index is 2.98. The lowest BCUT2D eigenvalue weighted by atomic mass is 9.96. The monoisotopic (exact) mass is 264 g/mol. The molecular weight excluding hydrogens is 236 g/mol. The minimum atomic E-state index is 0.414. The number of aryl methyl sites for hydroxylation is 2. The van der Waals surface area contributed by atoms with Crippen molar-refractivity contribution in [2.75, 3.05) is 34.3 Å². The van der Waals surface area contributed by atoms with E-state index in [2.05, 4.69) is 57.2 Å². The first-order valence-corrected chi connectivity index (χ1v) is 7.02. The molecule has 3 heteroatoms. The lowest BCUT2D eigenvalue weighted by molar-refractivity contribution is 0.362. The fraction of sp³-hybridized carbons (Fsp3) is 0.625. The number of hydrogen-bond donors (Lipinski definition) is 1. The lowest BCUT2D eigenvalue weighted by Gasteiger charge is -2.23. The molecule has 1 atom stereocenters. The third kappa shape index (κ3) is 4.51. The van der Waals surface area contributed by atoms with Gasteiger partial charge in [0.15, 0.2) is 0 Å². The van der Waals surface area contributed by atoms with E-state index in [-0.39, 0.29) is 0 Å². The quantitative estimate of drug-likeness (QED) is 0.819. The van der Waals surface area contributed by atoms with E-state index in [1.807, 2.05) is 0 Å². The molecule has 0 saturated heterocycles. The molecule has 0 aliphatic rings. The maximum atomic E-state index is 5.39. The van der Waals surface area contributed by atoms with Gasteiger partial charge >= 0.3 is 0 Å². The molecule has 0 aromatic heterocycles. The molecule has 0 aliphatic heterocycles. The predicted octanol–water partition coefficient (Wildman–Crippen LogP) is 2.91. The van der Waals surface area contributed by atoms with E-state index in [0.29, 0.717) is 6.04 Å². The van der Waals surface area contributed by atoms with Gasteiger partial charge in [-0.2, -0.15) is 0 Å². The summed E-state index contributed by atoms with van der Waals surface area (Å²) in [5.41, 5.74) is 3.89. The van der Waals surface area contributed by atoms with E-state index in [1.54, 1.807) is 7.11 Å². The average Bonchev–Trinajstić information content (AvgIpc) is 2.36. The maximum absolute atomic E-state index is 5.39. The van der Waals surface area contributed by atoms with Crippen LogP contribution in [0.1, 0.15) is 36.1 Å². The predicted molar refractivity (Wildman–Crippen MR) is 82.1 cm³/mol. The van der Waals surface area contributed by atoms with Crippen LogP contribution in [0.25, 0.3) is 0 Å². The number of ether oxygens (including phenoxy) is 1. The summed E-state index contributed by atoms with van der Waals surface area (Å²) < 4.78 is 5.39. The fourth-order valence-corrected chi connectivity index (χ4v) is 2.41. The molecule has 19 heavy (non-hydrogen) atoms. The number of nitrogens with zero attached hydrogens (tertiary/aromatic N) is 1. The first-order chi connectivity index (χ1) is 8.99. The normalized spacial score (nSPS) is 12.8. The Morgan fingerprint density at radius 3 is 2.42 bits per heavy atom. The van der Waals surface area contributed by atoms with Crippen LogP contribution in [-0.2, 0) is 0 Å². The van der Waals surface area contributed by atoms with Crippen molar-refractivity contribution in [2.24, 2.45) is 0 Å². The second kappa shape index (κ2) is 7.51. The molecule has 0 saturated carbocycles. The lowest BCUT2D eigenvalue weighted by Crippen LogP contribution is -2.26. The smallest absolute Gasteiger partial charge is 0.122 e. The van der Waals surface area contributed by atoms with E-state index >= 15 is 0 Å². The van der Waals surface area contributed by atoms with Crippen LogP contribution in [0.2, 0.25) is 0 Å². The minimum Gasteiger partial charge on any atom is -0.496 e. The van der Waals surface area contributed by atoms with Crippen molar-refractivity contribution in [3.63, 3.8) is 0 Å². The van der Waals surface area contributed by atoms with E-state index in [1.165, 1.54) is 16.7 Å². The summed E-state index contributed by atoms with van der Waals surface area (Å²) >= 11 is 0. The average molecular weight is 264 g/mol. The Morgan fingerprint density at radius 2 is 1.89 bits per heavy atom. The molecule has 0 heterocycles. The minimum absolute atomic E-state index is 0.414. The Hall–Kier alpha value is -1.06.